The van der Waals surface area contributed by atoms with E-state index < -0.39 is 0 Å². The molecule has 0 aliphatic carbocycles. The molecule has 0 bridgehead atoms. The Morgan fingerprint density at radius 1 is 0.743 bits per heavy atom. The number of unbranched alkanes of at least 4 members (excludes halogenated alkanes) is 12. The molecule has 0 fully saturated rings. The first-order valence-electron chi connectivity index (χ1n) is 13.9. The van der Waals surface area contributed by atoms with E-state index in [1.165, 1.54) is 83.5 Å². The van der Waals surface area contributed by atoms with Gasteiger partial charge in [-0.1, -0.05) is 109 Å². The largest absolute Gasteiger partial charge is 0.506 e. The highest BCUT2D eigenvalue weighted by molar-refractivity contribution is 6.05. The molecule has 0 saturated heterocycles. The topological polar surface area (TPSA) is 58.6 Å². The molecule has 4 nitrogen and oxygen atoms in total. The Morgan fingerprint density at radius 2 is 1.26 bits per heavy atom. The summed E-state index contributed by atoms with van der Waals surface area (Å²) < 4.78 is 5.83. The maximum absolute atomic E-state index is 12.3. The summed E-state index contributed by atoms with van der Waals surface area (Å²) in [5, 5.41) is 12.5. The molecule has 0 heterocycles. The number of ether oxygens (including phenoxy) is 1. The monoisotopic (exact) mass is 481 g/mol. The van der Waals surface area contributed by atoms with E-state index in [-0.39, 0.29) is 11.7 Å². The number of carbonyl (C=O) groups is 1. The van der Waals surface area contributed by atoms with Crippen LogP contribution in [0.5, 0.6) is 11.5 Å². The molecule has 0 unspecified atom stereocenters. The third-order valence-corrected chi connectivity index (χ3v) is 6.46. The first kappa shape index (κ1) is 28.7. The minimum atomic E-state index is -0.254. The van der Waals surface area contributed by atoms with Gasteiger partial charge in [-0.3, -0.25) is 4.79 Å². The van der Waals surface area contributed by atoms with Crippen LogP contribution in [-0.2, 0) is 0 Å². The molecule has 0 aliphatic rings. The Bertz CT molecular complexity index is 816. The molecule has 2 rings (SSSR count). The fourth-order valence-corrected chi connectivity index (χ4v) is 4.27. The number of phenols is 1. The number of anilines is 1. The van der Waals surface area contributed by atoms with Gasteiger partial charge in [-0.25, -0.2) is 0 Å². The quantitative estimate of drug-likeness (QED) is 0.155. The normalized spacial score (nSPS) is 11.1. The summed E-state index contributed by atoms with van der Waals surface area (Å²) in [5.41, 5.74) is 0.933. The van der Waals surface area contributed by atoms with Crippen LogP contribution in [0.1, 0.15) is 114 Å². The number of benzene rings is 2. The Kier molecular flexibility index (Phi) is 14.7. The molecule has 2 N–H and O–H groups in total. The highest BCUT2D eigenvalue weighted by Gasteiger charge is 2.08. The minimum Gasteiger partial charge on any atom is -0.506 e. The van der Waals surface area contributed by atoms with Crippen LogP contribution >= 0.6 is 0 Å². The van der Waals surface area contributed by atoms with Gasteiger partial charge in [0, 0.05) is 5.56 Å². The summed E-state index contributed by atoms with van der Waals surface area (Å²) in [5.74, 6) is 1.44. The van der Waals surface area contributed by atoms with Gasteiger partial charge in [-0.2, -0.15) is 0 Å². The Morgan fingerprint density at radius 3 is 1.80 bits per heavy atom. The molecule has 0 atom stereocenters. The van der Waals surface area contributed by atoms with E-state index in [2.05, 4.69) is 19.2 Å². The van der Waals surface area contributed by atoms with E-state index in [0.29, 0.717) is 17.9 Å². The van der Waals surface area contributed by atoms with Crippen molar-refractivity contribution < 1.29 is 14.6 Å². The van der Waals surface area contributed by atoms with Crippen LogP contribution in [0.2, 0.25) is 0 Å². The average molecular weight is 482 g/mol. The Balaban J connectivity index is 1.42. The fourth-order valence-electron chi connectivity index (χ4n) is 4.27. The second-order valence-corrected chi connectivity index (χ2v) is 10.1. The van der Waals surface area contributed by atoms with Crippen molar-refractivity contribution in [3.05, 3.63) is 54.1 Å². The number of hydrogen-bond donors (Lipinski definition) is 2. The number of phenolic OH excluding ortho intramolecular Hbond substituents is 1. The van der Waals surface area contributed by atoms with Crippen molar-refractivity contribution in [2.75, 3.05) is 11.9 Å². The van der Waals surface area contributed by atoms with Gasteiger partial charge in [0.15, 0.2) is 0 Å². The van der Waals surface area contributed by atoms with Gasteiger partial charge >= 0.3 is 0 Å². The summed E-state index contributed by atoms with van der Waals surface area (Å²) in [4.78, 5) is 12.3. The van der Waals surface area contributed by atoms with Gasteiger partial charge in [0.25, 0.3) is 5.91 Å². The third-order valence-electron chi connectivity index (χ3n) is 6.46. The zero-order valence-corrected chi connectivity index (χ0v) is 22.1. The summed E-state index contributed by atoms with van der Waals surface area (Å²) in [7, 11) is 0. The molecule has 0 aromatic heterocycles. The van der Waals surface area contributed by atoms with E-state index in [0.717, 1.165) is 18.1 Å². The molecule has 1 amide bonds. The summed E-state index contributed by atoms with van der Waals surface area (Å²) in [6, 6.07) is 13.8. The third kappa shape index (κ3) is 13.2. The smallest absolute Gasteiger partial charge is 0.255 e. The van der Waals surface area contributed by atoms with E-state index in [1.54, 1.807) is 36.4 Å². The summed E-state index contributed by atoms with van der Waals surface area (Å²) in [6.45, 7) is 5.35. The first-order chi connectivity index (χ1) is 17.1. The fraction of sp³-hybridized carbons (Fsp3) is 0.581. The van der Waals surface area contributed by atoms with Crippen LogP contribution in [-0.4, -0.2) is 17.6 Å². The van der Waals surface area contributed by atoms with E-state index in [4.69, 9.17) is 4.74 Å². The number of nitrogens with one attached hydrogen (secondary N) is 1. The zero-order valence-electron chi connectivity index (χ0n) is 22.1. The zero-order chi connectivity index (χ0) is 25.1. The molecule has 35 heavy (non-hydrogen) atoms. The first-order valence-corrected chi connectivity index (χ1v) is 13.9. The van der Waals surface area contributed by atoms with Crippen LogP contribution in [0.15, 0.2) is 48.5 Å². The molecular formula is C31H47NO3. The summed E-state index contributed by atoms with van der Waals surface area (Å²) >= 11 is 0. The van der Waals surface area contributed by atoms with E-state index in [1.807, 2.05) is 12.1 Å². The number of rotatable bonds is 19. The van der Waals surface area contributed by atoms with Crippen LogP contribution in [0.4, 0.5) is 5.69 Å². The highest BCUT2D eigenvalue weighted by atomic mass is 16.5. The number of para-hydroxylation sites is 2. The van der Waals surface area contributed by atoms with Gasteiger partial charge in [0.1, 0.15) is 11.5 Å². The molecule has 0 spiro atoms. The standard InChI is InChI=1S/C31H47NO3/c1-26(2)18-14-12-10-8-6-4-3-5-7-9-11-13-17-25-35-28-23-21-27(22-24-28)31(34)32-29-19-15-16-20-30(29)33/h15-16,19-24,26,33H,3-14,17-18,25H2,1-2H3,(H,32,34). The van der Waals surface area contributed by atoms with Gasteiger partial charge in [0.05, 0.1) is 12.3 Å². The van der Waals surface area contributed by atoms with Gasteiger partial charge < -0.3 is 15.2 Å². The second kappa shape index (κ2) is 17.9. The average Bonchev–Trinajstić information content (AvgIpc) is 2.85. The second-order valence-electron chi connectivity index (χ2n) is 10.1. The Hall–Kier alpha value is -2.49. The molecule has 2 aromatic rings. The van der Waals surface area contributed by atoms with Gasteiger partial charge in [-0.15, -0.1) is 0 Å². The molecule has 4 heteroatoms. The van der Waals surface area contributed by atoms with Crippen molar-refractivity contribution in [3.63, 3.8) is 0 Å². The van der Waals surface area contributed by atoms with Gasteiger partial charge in [-0.05, 0) is 48.7 Å². The minimum absolute atomic E-state index is 0.0547. The van der Waals surface area contributed by atoms with Crippen molar-refractivity contribution >= 4 is 11.6 Å². The van der Waals surface area contributed by atoms with Crippen molar-refractivity contribution in [1.82, 2.24) is 0 Å². The number of carbonyl (C=O) groups excluding carboxylic acids is 1. The highest BCUT2D eigenvalue weighted by Crippen LogP contribution is 2.23. The predicted molar refractivity (Wildman–Crippen MR) is 147 cm³/mol. The van der Waals surface area contributed by atoms with Crippen LogP contribution in [0, 0.1) is 5.92 Å². The van der Waals surface area contributed by atoms with Crippen LogP contribution < -0.4 is 10.1 Å². The Labute approximate surface area is 213 Å². The van der Waals surface area contributed by atoms with Crippen molar-refractivity contribution in [3.8, 4) is 11.5 Å². The lowest BCUT2D eigenvalue weighted by atomic mass is 10.0. The molecule has 0 radical (unpaired) electrons. The molecule has 194 valence electrons. The number of amides is 1. The van der Waals surface area contributed by atoms with E-state index in [9.17, 15) is 9.90 Å². The molecular weight excluding hydrogens is 434 g/mol. The number of aromatic hydroxyl groups is 1. The lowest BCUT2D eigenvalue weighted by Gasteiger charge is -2.09. The van der Waals surface area contributed by atoms with E-state index >= 15 is 0 Å². The van der Waals surface area contributed by atoms with Crippen molar-refractivity contribution in [2.45, 2.75) is 104 Å². The maximum Gasteiger partial charge on any atom is 0.255 e. The van der Waals surface area contributed by atoms with Crippen molar-refractivity contribution in [2.24, 2.45) is 5.92 Å². The van der Waals surface area contributed by atoms with Gasteiger partial charge in [0.2, 0.25) is 0 Å². The lowest BCUT2D eigenvalue weighted by molar-refractivity contribution is 0.102. The number of hydrogen-bond acceptors (Lipinski definition) is 3. The van der Waals surface area contributed by atoms with Crippen LogP contribution in [0.3, 0.4) is 0 Å². The van der Waals surface area contributed by atoms with Crippen molar-refractivity contribution in [1.29, 1.82) is 0 Å². The van der Waals surface area contributed by atoms with Crippen LogP contribution in [0.25, 0.3) is 0 Å². The predicted octanol–water partition coefficient (Wildman–Crippen LogP) is 9.14. The molecule has 2 aromatic carbocycles. The lowest BCUT2D eigenvalue weighted by Crippen LogP contribution is -2.11. The molecule has 0 saturated carbocycles. The maximum atomic E-state index is 12.3. The molecule has 0 aliphatic heterocycles. The SMILES string of the molecule is CC(C)CCCCCCCCCCCCCCCOc1ccc(C(=O)Nc2ccccc2O)cc1. The summed E-state index contributed by atoms with van der Waals surface area (Å²) in [6.07, 6.45) is 18.9.